The molecule has 136 valence electrons. The summed E-state index contributed by atoms with van der Waals surface area (Å²) in [6.07, 6.45) is 16.1. The van der Waals surface area contributed by atoms with Crippen LogP contribution >= 0.6 is 20.7 Å². The number of unbranched alkanes of at least 4 members (excludes halogenated alkanes) is 1. The highest BCUT2D eigenvalue weighted by Gasteiger charge is 2.18. The van der Waals surface area contributed by atoms with E-state index in [1.807, 2.05) is 19.1 Å². The lowest BCUT2D eigenvalue weighted by Crippen LogP contribution is -2.16. The van der Waals surface area contributed by atoms with Crippen molar-refractivity contribution in [1.29, 1.82) is 0 Å². The zero-order valence-electron chi connectivity index (χ0n) is 15.2. The van der Waals surface area contributed by atoms with Crippen molar-refractivity contribution in [1.82, 2.24) is 9.88 Å². The molecule has 2 aromatic rings. The molecule has 1 aromatic heterocycles. The molecule has 0 aliphatic carbocycles. The maximum atomic E-state index is 5.50. The SMILES string of the molecule is C/C=C(/c1cnco1)N1C=CC(c2ccccc2)=C/C1=C\CCC.PS. The van der Waals surface area contributed by atoms with Gasteiger partial charge in [-0.3, -0.25) is 0 Å². The van der Waals surface area contributed by atoms with E-state index >= 15 is 0 Å². The first kappa shape index (κ1) is 20.3. The number of aromatic nitrogens is 1. The van der Waals surface area contributed by atoms with Crippen molar-refractivity contribution < 1.29 is 4.42 Å². The minimum Gasteiger partial charge on any atom is -0.442 e. The molecule has 0 saturated heterocycles. The number of oxazole rings is 1. The van der Waals surface area contributed by atoms with Crippen LogP contribution in [0, 0.1) is 0 Å². The van der Waals surface area contributed by atoms with Crippen molar-refractivity contribution in [3.05, 3.63) is 90.4 Å². The Morgan fingerprint density at radius 2 is 2.04 bits per heavy atom. The van der Waals surface area contributed by atoms with Crippen LogP contribution in [-0.4, -0.2) is 9.88 Å². The molecule has 0 amide bonds. The summed E-state index contributed by atoms with van der Waals surface area (Å²) in [6, 6.07) is 10.4. The Bertz CT molecular complexity index is 793. The molecule has 1 aliphatic rings. The average molecular weight is 384 g/mol. The molecular weight excluding hydrogens is 359 g/mol. The topological polar surface area (TPSA) is 29.3 Å². The van der Waals surface area contributed by atoms with Gasteiger partial charge in [-0.15, -0.1) is 0 Å². The number of benzene rings is 1. The fourth-order valence-electron chi connectivity index (χ4n) is 2.74. The van der Waals surface area contributed by atoms with E-state index in [-0.39, 0.29) is 0 Å². The molecule has 5 heteroatoms. The van der Waals surface area contributed by atoms with Crippen LogP contribution in [0.3, 0.4) is 0 Å². The Morgan fingerprint density at radius 3 is 2.65 bits per heavy atom. The van der Waals surface area contributed by atoms with E-state index in [9.17, 15) is 0 Å². The first-order chi connectivity index (χ1) is 12.8. The fourth-order valence-corrected chi connectivity index (χ4v) is 2.74. The van der Waals surface area contributed by atoms with E-state index in [2.05, 4.69) is 86.2 Å². The largest absolute Gasteiger partial charge is 0.442 e. The standard InChI is InChI=1S/C21H22N2O.H3PS/c1-3-5-11-19-14-18(17-9-7-6-8-10-17)12-13-23(19)20(4-2)21-15-22-16-24-21;1-2/h4,6-16H,3,5H2,1-2H3;2H,1H2/b19-11+,20-4-;. The first-order valence-electron chi connectivity index (χ1n) is 8.59. The van der Waals surface area contributed by atoms with E-state index in [1.165, 1.54) is 17.5 Å². The van der Waals surface area contributed by atoms with E-state index < -0.39 is 0 Å². The minimum atomic E-state index is 0.765. The monoisotopic (exact) mass is 384 g/mol. The molecule has 3 nitrogen and oxygen atoms in total. The smallest absolute Gasteiger partial charge is 0.181 e. The maximum Gasteiger partial charge on any atom is 0.181 e. The summed E-state index contributed by atoms with van der Waals surface area (Å²) < 4.78 is 5.50. The summed E-state index contributed by atoms with van der Waals surface area (Å²) in [6.45, 7) is 4.20. The molecule has 1 aliphatic heterocycles. The third kappa shape index (κ3) is 5.00. The van der Waals surface area contributed by atoms with Gasteiger partial charge in [0.15, 0.2) is 12.2 Å². The van der Waals surface area contributed by atoms with Gasteiger partial charge in [-0.2, -0.15) is 12.2 Å². The number of allylic oxidation sites excluding steroid dienone is 5. The Kier molecular flexibility index (Phi) is 8.46. The van der Waals surface area contributed by atoms with Crippen LogP contribution in [-0.2, 0) is 0 Å². The molecular formula is C21H25N2OPS. The van der Waals surface area contributed by atoms with Crippen molar-refractivity contribution in [3.63, 3.8) is 0 Å². The Balaban J connectivity index is 0.00000117. The van der Waals surface area contributed by atoms with Crippen LogP contribution in [0.25, 0.3) is 11.3 Å². The second kappa shape index (κ2) is 10.8. The number of thiol groups is 1. The molecule has 26 heavy (non-hydrogen) atoms. The zero-order valence-corrected chi connectivity index (χ0v) is 17.2. The highest BCUT2D eigenvalue weighted by atomic mass is 32.7. The fraction of sp³-hybridized carbons (Fsp3) is 0.190. The van der Waals surface area contributed by atoms with Crippen LogP contribution in [0.2, 0.25) is 0 Å². The van der Waals surface area contributed by atoms with Gasteiger partial charge in [-0.1, -0.05) is 64.3 Å². The summed E-state index contributed by atoms with van der Waals surface area (Å²) >= 11 is 3.44. The third-order valence-electron chi connectivity index (χ3n) is 3.95. The molecule has 1 atom stereocenters. The van der Waals surface area contributed by atoms with Crippen LogP contribution in [0.15, 0.2) is 83.5 Å². The van der Waals surface area contributed by atoms with Crippen LogP contribution in [0.1, 0.15) is 38.0 Å². The molecule has 0 spiro atoms. The van der Waals surface area contributed by atoms with Crippen molar-refractivity contribution in [2.45, 2.75) is 26.7 Å². The summed E-state index contributed by atoms with van der Waals surface area (Å²) in [7, 11) is 2.11. The van der Waals surface area contributed by atoms with Gasteiger partial charge in [0, 0.05) is 11.9 Å². The maximum absolute atomic E-state index is 5.50. The summed E-state index contributed by atoms with van der Waals surface area (Å²) in [5.41, 5.74) is 4.58. The molecule has 1 unspecified atom stereocenters. The van der Waals surface area contributed by atoms with Crippen molar-refractivity contribution in [3.8, 4) is 0 Å². The Morgan fingerprint density at radius 1 is 1.27 bits per heavy atom. The van der Waals surface area contributed by atoms with E-state index in [0.717, 1.165) is 30.0 Å². The highest BCUT2D eigenvalue weighted by Crippen LogP contribution is 2.31. The van der Waals surface area contributed by atoms with Crippen LogP contribution in [0.5, 0.6) is 0 Å². The van der Waals surface area contributed by atoms with Gasteiger partial charge in [0.2, 0.25) is 0 Å². The van der Waals surface area contributed by atoms with Gasteiger partial charge in [-0.05, 0) is 36.6 Å². The van der Waals surface area contributed by atoms with Gasteiger partial charge < -0.3 is 9.32 Å². The van der Waals surface area contributed by atoms with Crippen molar-refractivity contribution >= 4 is 32.0 Å². The Hall–Kier alpha value is -2.03. The molecule has 0 N–H and O–H groups in total. The van der Waals surface area contributed by atoms with Gasteiger partial charge in [0.05, 0.1) is 11.9 Å². The lowest BCUT2D eigenvalue weighted by atomic mass is 10.0. The second-order valence-corrected chi connectivity index (χ2v) is 5.61. The molecule has 0 radical (unpaired) electrons. The molecule has 3 rings (SSSR count). The molecule has 0 saturated carbocycles. The first-order valence-corrected chi connectivity index (χ1v) is 10.7. The number of nitrogens with zero attached hydrogens (tertiary/aromatic N) is 2. The van der Waals surface area contributed by atoms with Gasteiger partial charge in [0.1, 0.15) is 0 Å². The summed E-state index contributed by atoms with van der Waals surface area (Å²) in [5.74, 6) is 0.765. The van der Waals surface area contributed by atoms with Crippen molar-refractivity contribution in [2.24, 2.45) is 0 Å². The molecule has 1 aromatic carbocycles. The van der Waals surface area contributed by atoms with Gasteiger partial charge in [0.25, 0.3) is 0 Å². The quantitative estimate of drug-likeness (QED) is 0.482. The zero-order chi connectivity index (χ0) is 18.8. The molecule has 0 bridgehead atoms. The minimum absolute atomic E-state index is 0.765. The van der Waals surface area contributed by atoms with Gasteiger partial charge in [-0.25, -0.2) is 4.98 Å². The summed E-state index contributed by atoms with van der Waals surface area (Å²) in [5, 5.41) is 0. The third-order valence-corrected chi connectivity index (χ3v) is 3.95. The van der Waals surface area contributed by atoms with Crippen molar-refractivity contribution in [2.75, 3.05) is 0 Å². The number of hydrogen-bond acceptors (Lipinski definition) is 4. The predicted molar refractivity (Wildman–Crippen MR) is 117 cm³/mol. The van der Waals surface area contributed by atoms with Crippen LogP contribution in [0.4, 0.5) is 0 Å². The van der Waals surface area contributed by atoms with E-state index in [4.69, 9.17) is 4.42 Å². The predicted octanol–water partition coefficient (Wildman–Crippen LogP) is 6.34. The van der Waals surface area contributed by atoms with Gasteiger partial charge >= 0.3 is 0 Å². The molecule has 2 heterocycles. The highest BCUT2D eigenvalue weighted by molar-refractivity contribution is 8.31. The summed E-state index contributed by atoms with van der Waals surface area (Å²) in [4.78, 5) is 6.20. The number of hydrogen-bond donors (Lipinski definition) is 1. The average Bonchev–Trinajstić information content (AvgIpc) is 3.24. The van der Waals surface area contributed by atoms with Crippen LogP contribution < -0.4 is 0 Å². The van der Waals surface area contributed by atoms with E-state index in [1.54, 1.807) is 6.20 Å². The lowest BCUT2D eigenvalue weighted by Gasteiger charge is -2.27. The lowest BCUT2D eigenvalue weighted by molar-refractivity contribution is 0.521. The molecule has 0 fully saturated rings. The number of rotatable bonds is 5. The van der Waals surface area contributed by atoms with E-state index in [0.29, 0.717) is 0 Å². The Labute approximate surface area is 163 Å². The normalized spacial score (nSPS) is 15.5. The second-order valence-electron chi connectivity index (χ2n) is 5.61.